The number of rotatable bonds is 6. The molecule has 0 amide bonds. The molecule has 0 saturated carbocycles. The van der Waals surface area contributed by atoms with Gasteiger partial charge in [-0.1, -0.05) is 0 Å². The molecule has 0 aliphatic rings. The number of carbonyl (C=O) groups is 1. The third-order valence-electron chi connectivity index (χ3n) is 1.44. The van der Waals surface area contributed by atoms with Crippen LogP contribution < -0.4 is 9.44 Å². The second-order valence-electron chi connectivity index (χ2n) is 4.39. The number of hydrogen-bond acceptors (Lipinski definition) is 4. The van der Waals surface area contributed by atoms with Crippen LogP contribution in [0.4, 0.5) is 0 Å². The molecular weight excluding hydrogens is 236 g/mol. The average Bonchev–Trinajstić information content (AvgIpc) is 1.98. The minimum absolute atomic E-state index is 0.140. The number of nitrogens with one attached hydrogen (secondary N) is 2. The normalized spacial score (nSPS) is 14.8. The summed E-state index contributed by atoms with van der Waals surface area (Å²) in [5.41, 5.74) is -0.614. The quantitative estimate of drug-likeness (QED) is 0.487. The van der Waals surface area contributed by atoms with Crippen LogP contribution in [0.3, 0.4) is 0 Å². The largest absolute Gasteiger partial charge is 0.479 e. The van der Waals surface area contributed by atoms with Crippen LogP contribution in [0.15, 0.2) is 0 Å². The Balaban J connectivity index is 4.07. The molecule has 0 aliphatic heterocycles. The van der Waals surface area contributed by atoms with Crippen molar-refractivity contribution in [1.82, 2.24) is 9.44 Å². The maximum absolute atomic E-state index is 11.3. The Hall–Kier alpha value is -0.700. The average molecular weight is 254 g/mol. The lowest BCUT2D eigenvalue weighted by Gasteiger charge is -2.20. The Bertz CT molecular complexity index is 333. The first-order chi connectivity index (χ1) is 7.03. The Morgan fingerprint density at radius 3 is 2.25 bits per heavy atom. The van der Waals surface area contributed by atoms with Crippen LogP contribution in [-0.4, -0.2) is 42.8 Å². The highest BCUT2D eigenvalue weighted by molar-refractivity contribution is 7.87. The summed E-state index contributed by atoms with van der Waals surface area (Å²) in [5, 5.41) is 17.3. The van der Waals surface area contributed by atoms with Gasteiger partial charge in [-0.05, 0) is 27.2 Å². The summed E-state index contributed by atoms with van der Waals surface area (Å²) < 4.78 is 27.2. The third kappa shape index (κ3) is 7.57. The molecule has 0 rings (SSSR count). The van der Waals surface area contributed by atoms with E-state index < -0.39 is 27.8 Å². The van der Waals surface area contributed by atoms with Crippen molar-refractivity contribution in [2.45, 2.75) is 38.8 Å². The second-order valence-corrected chi connectivity index (χ2v) is 5.89. The van der Waals surface area contributed by atoms with Crippen molar-refractivity contribution in [3.8, 4) is 0 Å². The van der Waals surface area contributed by atoms with Gasteiger partial charge in [0.1, 0.15) is 0 Å². The van der Waals surface area contributed by atoms with Gasteiger partial charge in [0.25, 0.3) is 10.2 Å². The molecule has 0 aliphatic carbocycles. The van der Waals surface area contributed by atoms with Gasteiger partial charge in [-0.15, -0.1) is 0 Å². The Labute approximate surface area is 95.0 Å². The summed E-state index contributed by atoms with van der Waals surface area (Å²) in [6, 6.07) is 0. The van der Waals surface area contributed by atoms with E-state index in [9.17, 15) is 13.2 Å². The monoisotopic (exact) mass is 254 g/mol. The highest BCUT2D eigenvalue weighted by atomic mass is 32.2. The van der Waals surface area contributed by atoms with Crippen LogP contribution in [0, 0.1) is 0 Å². The molecule has 0 bridgehead atoms. The number of aliphatic hydroxyl groups excluding tert-OH is 1. The zero-order chi connectivity index (χ0) is 13.0. The van der Waals surface area contributed by atoms with Gasteiger partial charge < -0.3 is 10.2 Å². The van der Waals surface area contributed by atoms with Crippen LogP contribution in [0.1, 0.15) is 27.2 Å². The fourth-order valence-corrected chi connectivity index (χ4v) is 2.16. The molecule has 0 unspecified atom stereocenters. The molecule has 0 heterocycles. The molecule has 4 N–H and O–H groups in total. The van der Waals surface area contributed by atoms with Crippen LogP contribution in [0.5, 0.6) is 0 Å². The van der Waals surface area contributed by atoms with Gasteiger partial charge in [0, 0.05) is 12.1 Å². The maximum atomic E-state index is 11.3. The van der Waals surface area contributed by atoms with Crippen molar-refractivity contribution in [2.75, 3.05) is 6.54 Å². The van der Waals surface area contributed by atoms with E-state index in [-0.39, 0.29) is 13.0 Å². The maximum Gasteiger partial charge on any atom is 0.332 e. The highest BCUT2D eigenvalue weighted by Crippen LogP contribution is 2.00. The van der Waals surface area contributed by atoms with Crippen molar-refractivity contribution in [1.29, 1.82) is 0 Å². The Kier molecular flexibility index (Phi) is 5.33. The fourth-order valence-electron chi connectivity index (χ4n) is 0.893. The van der Waals surface area contributed by atoms with Gasteiger partial charge in [0.05, 0.1) is 0 Å². The molecule has 0 aromatic carbocycles. The first kappa shape index (κ1) is 15.3. The van der Waals surface area contributed by atoms with Crippen molar-refractivity contribution in [2.24, 2.45) is 0 Å². The van der Waals surface area contributed by atoms with Gasteiger partial charge >= 0.3 is 5.97 Å². The minimum atomic E-state index is -3.66. The standard InChI is InChI=1S/C8H18N2O5S/c1-8(2,3)10-16(14,15)9-5-4-6(11)7(12)13/h6,9-11H,4-5H2,1-3H3,(H,12,13)/t6-/m0/s1. The summed E-state index contributed by atoms with van der Waals surface area (Å²) in [5.74, 6) is -1.37. The predicted molar refractivity (Wildman–Crippen MR) is 58.1 cm³/mol. The highest BCUT2D eigenvalue weighted by Gasteiger charge is 2.20. The lowest BCUT2D eigenvalue weighted by atomic mass is 10.1. The van der Waals surface area contributed by atoms with Gasteiger partial charge in [-0.2, -0.15) is 13.1 Å². The predicted octanol–water partition coefficient (Wildman–Crippen LogP) is -0.955. The number of aliphatic carboxylic acids is 1. The van der Waals surface area contributed by atoms with E-state index in [0.29, 0.717) is 0 Å². The molecule has 0 spiro atoms. The minimum Gasteiger partial charge on any atom is -0.479 e. The number of aliphatic hydroxyl groups is 1. The third-order valence-corrected chi connectivity index (χ3v) is 2.90. The van der Waals surface area contributed by atoms with E-state index in [1.54, 1.807) is 20.8 Å². The molecule has 7 nitrogen and oxygen atoms in total. The van der Waals surface area contributed by atoms with E-state index in [1.807, 2.05) is 0 Å². The zero-order valence-electron chi connectivity index (χ0n) is 9.52. The van der Waals surface area contributed by atoms with Gasteiger partial charge in [-0.25, -0.2) is 9.52 Å². The zero-order valence-corrected chi connectivity index (χ0v) is 10.3. The molecule has 0 saturated heterocycles. The van der Waals surface area contributed by atoms with Crippen molar-refractivity contribution in [3.63, 3.8) is 0 Å². The van der Waals surface area contributed by atoms with Crippen molar-refractivity contribution in [3.05, 3.63) is 0 Å². The summed E-state index contributed by atoms with van der Waals surface area (Å²) in [4.78, 5) is 10.2. The number of hydrogen-bond donors (Lipinski definition) is 4. The van der Waals surface area contributed by atoms with E-state index >= 15 is 0 Å². The lowest BCUT2D eigenvalue weighted by Crippen LogP contribution is -2.47. The van der Waals surface area contributed by atoms with Crippen molar-refractivity contribution >= 4 is 16.2 Å². The van der Waals surface area contributed by atoms with Crippen molar-refractivity contribution < 1.29 is 23.4 Å². The van der Waals surface area contributed by atoms with Crippen LogP contribution in [0.2, 0.25) is 0 Å². The number of carboxylic acid groups (broad SMARTS) is 1. The molecule has 8 heteroatoms. The molecule has 16 heavy (non-hydrogen) atoms. The van der Waals surface area contributed by atoms with Crippen LogP contribution in [-0.2, 0) is 15.0 Å². The SMILES string of the molecule is CC(C)(C)NS(=O)(=O)NCC[C@H](O)C(=O)O. The number of carboxylic acids is 1. The fraction of sp³-hybridized carbons (Fsp3) is 0.875. The van der Waals surface area contributed by atoms with Crippen LogP contribution >= 0.6 is 0 Å². The first-order valence-electron chi connectivity index (χ1n) is 4.73. The smallest absolute Gasteiger partial charge is 0.332 e. The molecule has 0 aromatic heterocycles. The molecule has 0 fully saturated rings. The lowest BCUT2D eigenvalue weighted by molar-refractivity contribution is -0.146. The summed E-state index contributed by atoms with van der Waals surface area (Å²) in [6.07, 6.45) is -1.74. The first-order valence-corrected chi connectivity index (χ1v) is 6.21. The molecular formula is C8H18N2O5S. The van der Waals surface area contributed by atoms with Crippen LogP contribution in [0.25, 0.3) is 0 Å². The van der Waals surface area contributed by atoms with Gasteiger partial charge in [-0.3, -0.25) is 0 Å². The molecule has 1 atom stereocenters. The van der Waals surface area contributed by atoms with E-state index in [4.69, 9.17) is 10.2 Å². The van der Waals surface area contributed by atoms with Gasteiger partial charge in [0.15, 0.2) is 6.10 Å². The summed E-state index contributed by atoms with van der Waals surface area (Å²) in [6.45, 7) is 4.90. The topological polar surface area (TPSA) is 116 Å². The molecule has 96 valence electrons. The van der Waals surface area contributed by atoms with E-state index in [1.165, 1.54) is 0 Å². The van der Waals surface area contributed by atoms with E-state index in [0.717, 1.165) is 0 Å². The summed E-state index contributed by atoms with van der Waals surface area (Å²) >= 11 is 0. The van der Waals surface area contributed by atoms with E-state index in [2.05, 4.69) is 9.44 Å². The summed E-state index contributed by atoms with van der Waals surface area (Å²) in [7, 11) is -3.66. The van der Waals surface area contributed by atoms with Gasteiger partial charge in [0.2, 0.25) is 0 Å². The second kappa shape index (κ2) is 5.58. The molecule has 0 radical (unpaired) electrons. The Morgan fingerprint density at radius 2 is 1.88 bits per heavy atom. The molecule has 0 aromatic rings. The Morgan fingerprint density at radius 1 is 1.38 bits per heavy atom.